The summed E-state index contributed by atoms with van der Waals surface area (Å²) < 4.78 is 48.1. The van der Waals surface area contributed by atoms with Crippen molar-refractivity contribution in [3.63, 3.8) is 0 Å². The Morgan fingerprint density at radius 2 is 1.53 bits per heavy atom. The van der Waals surface area contributed by atoms with Gasteiger partial charge in [0.25, 0.3) is 5.91 Å². The molecule has 2 rings (SSSR count). The molecule has 34 heavy (non-hydrogen) atoms. The zero-order valence-electron chi connectivity index (χ0n) is 19.1. The number of benzene rings is 2. The van der Waals surface area contributed by atoms with Gasteiger partial charge in [0.1, 0.15) is 11.6 Å². The first kappa shape index (κ1) is 26.8. The van der Waals surface area contributed by atoms with Gasteiger partial charge in [-0.3, -0.25) is 4.79 Å². The van der Waals surface area contributed by atoms with E-state index in [1.165, 1.54) is 12.1 Å². The van der Waals surface area contributed by atoms with Gasteiger partial charge in [-0.05, 0) is 56.2 Å². The number of aliphatic hydroxyl groups excluding tert-OH is 1. The summed E-state index contributed by atoms with van der Waals surface area (Å²) in [6.07, 6.45) is -6.38. The van der Waals surface area contributed by atoms with Gasteiger partial charge in [-0.25, -0.2) is 9.59 Å². The molecule has 0 radical (unpaired) electrons. The molecule has 0 fully saturated rings. The average Bonchev–Trinajstić information content (AvgIpc) is 2.76. The van der Waals surface area contributed by atoms with Crippen molar-refractivity contribution in [3.05, 3.63) is 70.8 Å². The maximum absolute atomic E-state index is 12.7. The molecule has 2 atom stereocenters. The Morgan fingerprint density at radius 1 is 0.971 bits per heavy atom. The maximum Gasteiger partial charge on any atom is 0.416 e. The highest BCUT2D eigenvalue weighted by Crippen LogP contribution is 2.30. The second kappa shape index (κ2) is 10.7. The molecule has 0 spiro atoms. The smallest absolute Gasteiger partial charge is 0.416 e. The van der Waals surface area contributed by atoms with E-state index in [2.05, 4.69) is 5.32 Å². The van der Waals surface area contributed by atoms with Crippen LogP contribution in [0.1, 0.15) is 53.9 Å². The van der Waals surface area contributed by atoms with Crippen molar-refractivity contribution < 1.29 is 42.1 Å². The van der Waals surface area contributed by atoms with Gasteiger partial charge in [0.2, 0.25) is 0 Å². The van der Waals surface area contributed by atoms with Crippen molar-refractivity contribution in [1.82, 2.24) is 5.32 Å². The Morgan fingerprint density at radius 3 is 2.00 bits per heavy atom. The summed E-state index contributed by atoms with van der Waals surface area (Å²) in [5, 5.41) is 12.6. The van der Waals surface area contributed by atoms with E-state index in [0.717, 1.165) is 31.4 Å². The number of hydrogen-bond acceptors (Lipinski definition) is 6. The number of carbonyl (C=O) groups excluding carboxylic acids is 3. The number of halogens is 3. The van der Waals surface area contributed by atoms with Gasteiger partial charge < -0.3 is 19.9 Å². The summed E-state index contributed by atoms with van der Waals surface area (Å²) in [5.41, 5.74) is -0.784. The number of rotatable bonds is 7. The van der Waals surface area contributed by atoms with E-state index in [0.29, 0.717) is 11.1 Å². The van der Waals surface area contributed by atoms with Crippen molar-refractivity contribution in [3.8, 4) is 0 Å². The van der Waals surface area contributed by atoms with E-state index in [4.69, 9.17) is 9.47 Å². The molecule has 0 bridgehead atoms. The first-order valence-corrected chi connectivity index (χ1v) is 10.3. The Labute approximate surface area is 194 Å². The third-order valence-electron chi connectivity index (χ3n) is 4.63. The molecule has 0 saturated carbocycles. The standard InChI is InChI=1S/C24H26F3NO6/c1-23(2,3)34-21(31)16-7-5-14(6-8-16)13-18(22(32)33-4)28-20(30)19(29)15-9-11-17(12-10-15)24(25,26)27/h5-12,18-19,29H,13H2,1-4H3,(H,28,30)/t18-,19-/m1/s1. The highest BCUT2D eigenvalue weighted by Gasteiger charge is 2.31. The molecule has 7 nitrogen and oxygen atoms in total. The first-order valence-electron chi connectivity index (χ1n) is 10.3. The van der Waals surface area contributed by atoms with Crippen LogP contribution in [-0.2, 0) is 31.7 Å². The number of amides is 1. The van der Waals surface area contributed by atoms with Crippen LogP contribution in [0.4, 0.5) is 13.2 Å². The molecular weight excluding hydrogens is 455 g/mol. The van der Waals surface area contributed by atoms with Crippen molar-refractivity contribution >= 4 is 17.8 Å². The molecule has 0 unspecified atom stereocenters. The molecule has 1 amide bonds. The van der Waals surface area contributed by atoms with Gasteiger partial charge >= 0.3 is 18.1 Å². The van der Waals surface area contributed by atoms with Crippen LogP contribution in [0.2, 0.25) is 0 Å². The lowest BCUT2D eigenvalue weighted by Crippen LogP contribution is -2.45. The van der Waals surface area contributed by atoms with Crippen molar-refractivity contribution in [1.29, 1.82) is 0 Å². The molecule has 0 aliphatic rings. The summed E-state index contributed by atoms with van der Waals surface area (Å²) in [5.74, 6) is -2.29. The number of aliphatic hydroxyl groups is 1. The molecule has 0 aromatic heterocycles. The second-order valence-electron chi connectivity index (χ2n) is 8.51. The number of hydrogen-bond donors (Lipinski definition) is 2. The van der Waals surface area contributed by atoms with E-state index in [1.54, 1.807) is 32.9 Å². The second-order valence-corrected chi connectivity index (χ2v) is 8.51. The fraction of sp³-hybridized carbons (Fsp3) is 0.375. The van der Waals surface area contributed by atoms with Gasteiger partial charge in [-0.15, -0.1) is 0 Å². The summed E-state index contributed by atoms with van der Waals surface area (Å²) in [7, 11) is 1.12. The maximum atomic E-state index is 12.7. The van der Waals surface area contributed by atoms with Gasteiger partial charge in [-0.1, -0.05) is 24.3 Å². The predicted molar refractivity (Wildman–Crippen MR) is 116 cm³/mol. The number of ether oxygens (including phenoxy) is 2. The molecule has 2 N–H and O–H groups in total. The minimum absolute atomic E-state index is 0.0211. The number of nitrogens with one attached hydrogen (secondary N) is 1. The van der Waals surface area contributed by atoms with Crippen LogP contribution in [-0.4, -0.2) is 41.7 Å². The van der Waals surface area contributed by atoms with E-state index < -0.39 is 47.3 Å². The van der Waals surface area contributed by atoms with Gasteiger partial charge in [-0.2, -0.15) is 13.2 Å². The van der Waals surface area contributed by atoms with Crippen LogP contribution in [0.15, 0.2) is 48.5 Å². The van der Waals surface area contributed by atoms with Gasteiger partial charge in [0.15, 0.2) is 6.10 Å². The highest BCUT2D eigenvalue weighted by atomic mass is 19.4. The zero-order valence-corrected chi connectivity index (χ0v) is 19.1. The SMILES string of the molecule is COC(=O)[C@@H](Cc1ccc(C(=O)OC(C)(C)C)cc1)NC(=O)[C@H](O)c1ccc(C(F)(F)F)cc1. The number of alkyl halides is 3. The monoisotopic (exact) mass is 481 g/mol. The Bertz CT molecular complexity index is 1010. The van der Waals surface area contributed by atoms with Crippen LogP contribution >= 0.6 is 0 Å². The van der Waals surface area contributed by atoms with Crippen LogP contribution in [0.25, 0.3) is 0 Å². The van der Waals surface area contributed by atoms with E-state index >= 15 is 0 Å². The number of carbonyl (C=O) groups is 3. The van der Waals surface area contributed by atoms with Crippen LogP contribution in [0.3, 0.4) is 0 Å². The van der Waals surface area contributed by atoms with Crippen LogP contribution in [0, 0.1) is 0 Å². The minimum atomic E-state index is -4.55. The Hall–Kier alpha value is -3.40. The van der Waals surface area contributed by atoms with Crippen LogP contribution < -0.4 is 5.32 Å². The molecular formula is C24H26F3NO6. The van der Waals surface area contributed by atoms with E-state index in [1.807, 2.05) is 0 Å². The molecule has 184 valence electrons. The lowest BCUT2D eigenvalue weighted by atomic mass is 10.0. The molecule has 0 saturated heterocycles. The van der Waals surface area contributed by atoms with Gasteiger partial charge in [0, 0.05) is 6.42 Å². The summed E-state index contributed by atoms with van der Waals surface area (Å²) in [6.45, 7) is 5.21. The Kier molecular flexibility index (Phi) is 8.44. The number of methoxy groups -OCH3 is 1. The summed E-state index contributed by atoms with van der Waals surface area (Å²) in [4.78, 5) is 36.8. The molecule has 10 heteroatoms. The predicted octanol–water partition coefficient (Wildman–Crippen LogP) is 3.59. The van der Waals surface area contributed by atoms with Gasteiger partial charge in [0.05, 0.1) is 18.2 Å². The van der Waals surface area contributed by atoms with E-state index in [9.17, 15) is 32.7 Å². The summed E-state index contributed by atoms with van der Waals surface area (Å²) in [6, 6.07) is 8.44. The van der Waals surface area contributed by atoms with Crippen molar-refractivity contribution in [2.24, 2.45) is 0 Å². The molecule has 0 heterocycles. The average molecular weight is 481 g/mol. The minimum Gasteiger partial charge on any atom is -0.467 e. The third-order valence-corrected chi connectivity index (χ3v) is 4.63. The zero-order chi connectivity index (χ0) is 25.7. The van der Waals surface area contributed by atoms with Crippen molar-refractivity contribution in [2.45, 2.75) is 51.1 Å². The number of esters is 2. The molecule has 2 aromatic carbocycles. The lowest BCUT2D eigenvalue weighted by Gasteiger charge is -2.20. The van der Waals surface area contributed by atoms with Crippen LogP contribution in [0.5, 0.6) is 0 Å². The Balaban J connectivity index is 2.10. The molecule has 2 aromatic rings. The highest BCUT2D eigenvalue weighted by molar-refractivity contribution is 5.90. The fourth-order valence-electron chi connectivity index (χ4n) is 2.94. The third kappa shape index (κ3) is 7.58. The quantitative estimate of drug-likeness (QED) is 0.586. The lowest BCUT2D eigenvalue weighted by molar-refractivity contribution is -0.146. The first-order chi connectivity index (χ1) is 15.7. The van der Waals surface area contributed by atoms with Crippen molar-refractivity contribution in [2.75, 3.05) is 7.11 Å². The fourth-order valence-corrected chi connectivity index (χ4v) is 2.94. The molecule has 0 aliphatic heterocycles. The molecule has 0 aliphatic carbocycles. The topological polar surface area (TPSA) is 102 Å². The largest absolute Gasteiger partial charge is 0.467 e. The summed E-state index contributed by atoms with van der Waals surface area (Å²) >= 11 is 0. The van der Waals surface area contributed by atoms with E-state index in [-0.39, 0.29) is 12.0 Å². The normalized spacial score (nSPS) is 13.5.